The van der Waals surface area contributed by atoms with Crippen molar-refractivity contribution >= 4 is 40.0 Å². The molecule has 0 saturated heterocycles. The van der Waals surface area contributed by atoms with Gasteiger partial charge in [-0.15, -0.1) is 0 Å². The van der Waals surface area contributed by atoms with Crippen LogP contribution in [0.1, 0.15) is 10.4 Å². The van der Waals surface area contributed by atoms with E-state index in [1.165, 1.54) is 7.11 Å². The number of rotatable bonds is 4. The van der Waals surface area contributed by atoms with E-state index in [4.69, 9.17) is 21.1 Å². The lowest BCUT2D eigenvalue weighted by Gasteiger charge is -2.09. The smallest absolute Gasteiger partial charge is 0.337 e. The number of ether oxygens (including phenoxy) is 2. The van der Waals surface area contributed by atoms with Crippen LogP contribution in [0.4, 0.5) is 11.5 Å². The summed E-state index contributed by atoms with van der Waals surface area (Å²) in [6.07, 6.45) is 0. The minimum atomic E-state index is -0.414. The zero-order valence-electron chi connectivity index (χ0n) is 13.2. The van der Waals surface area contributed by atoms with Crippen molar-refractivity contribution in [3.05, 3.63) is 59.1 Å². The van der Waals surface area contributed by atoms with Crippen molar-refractivity contribution in [2.45, 2.75) is 0 Å². The van der Waals surface area contributed by atoms with E-state index in [2.05, 4.69) is 10.3 Å². The molecule has 122 valence electrons. The molecule has 1 aromatic heterocycles. The molecule has 0 aliphatic rings. The highest BCUT2D eigenvalue weighted by Crippen LogP contribution is 2.28. The monoisotopic (exact) mass is 342 g/mol. The predicted octanol–water partition coefficient (Wildman–Crippen LogP) is 4.43. The first-order valence-corrected chi connectivity index (χ1v) is 7.58. The first kappa shape index (κ1) is 16.1. The number of carbonyl (C=O) groups excluding carboxylic acids is 1. The summed E-state index contributed by atoms with van der Waals surface area (Å²) in [5, 5.41) is 4.50. The third-order valence-electron chi connectivity index (χ3n) is 3.54. The van der Waals surface area contributed by atoms with Crippen LogP contribution in [0.25, 0.3) is 10.9 Å². The number of methoxy groups -OCH3 is 2. The van der Waals surface area contributed by atoms with Crippen LogP contribution >= 0.6 is 11.6 Å². The van der Waals surface area contributed by atoms with Crippen molar-refractivity contribution in [1.82, 2.24) is 4.98 Å². The van der Waals surface area contributed by atoms with Gasteiger partial charge in [0.2, 0.25) is 0 Å². The summed E-state index contributed by atoms with van der Waals surface area (Å²) in [4.78, 5) is 16.2. The zero-order chi connectivity index (χ0) is 17.1. The highest BCUT2D eigenvalue weighted by molar-refractivity contribution is 6.35. The highest BCUT2D eigenvalue weighted by Gasteiger charge is 2.10. The van der Waals surface area contributed by atoms with Gasteiger partial charge in [-0.05, 0) is 36.4 Å². The Balaban J connectivity index is 1.96. The highest BCUT2D eigenvalue weighted by atomic mass is 35.5. The molecular formula is C18H15ClN2O3. The molecule has 6 heteroatoms. The Morgan fingerprint density at radius 2 is 1.83 bits per heavy atom. The van der Waals surface area contributed by atoms with Crippen LogP contribution in [-0.2, 0) is 4.74 Å². The third kappa shape index (κ3) is 3.26. The fourth-order valence-electron chi connectivity index (χ4n) is 2.32. The first-order chi connectivity index (χ1) is 11.6. The Morgan fingerprint density at radius 1 is 1.08 bits per heavy atom. The van der Waals surface area contributed by atoms with Gasteiger partial charge in [-0.3, -0.25) is 0 Å². The minimum absolute atomic E-state index is 0.414. The zero-order valence-corrected chi connectivity index (χ0v) is 13.9. The largest absolute Gasteiger partial charge is 0.497 e. The number of hydrogen-bond acceptors (Lipinski definition) is 5. The van der Waals surface area contributed by atoms with Gasteiger partial charge in [-0.1, -0.05) is 17.7 Å². The number of esters is 1. The Morgan fingerprint density at radius 3 is 2.50 bits per heavy atom. The van der Waals surface area contributed by atoms with Crippen LogP contribution < -0.4 is 10.1 Å². The first-order valence-electron chi connectivity index (χ1n) is 7.20. The molecule has 5 nitrogen and oxygen atoms in total. The molecule has 1 N–H and O–H groups in total. The number of halogens is 1. The van der Waals surface area contributed by atoms with Crippen LogP contribution in [0, 0.1) is 0 Å². The summed E-state index contributed by atoms with van der Waals surface area (Å²) < 4.78 is 9.87. The second kappa shape index (κ2) is 6.76. The van der Waals surface area contributed by atoms with Gasteiger partial charge in [0.05, 0.1) is 30.3 Å². The van der Waals surface area contributed by atoms with E-state index in [0.717, 1.165) is 16.8 Å². The number of hydrogen-bond donors (Lipinski definition) is 1. The average molecular weight is 343 g/mol. The molecule has 24 heavy (non-hydrogen) atoms. The molecule has 0 saturated carbocycles. The lowest BCUT2D eigenvalue weighted by Crippen LogP contribution is -2.01. The quantitative estimate of drug-likeness (QED) is 0.711. The molecule has 0 amide bonds. The van der Waals surface area contributed by atoms with E-state index >= 15 is 0 Å². The van der Waals surface area contributed by atoms with Crippen molar-refractivity contribution in [2.75, 3.05) is 19.5 Å². The molecule has 0 fully saturated rings. The standard InChI is InChI=1S/C18H15ClN2O3/c1-23-13-6-4-12(5-7-13)20-17-10-15(19)14-8-3-11(18(22)24-2)9-16(14)21-17/h3-10H,1-2H3,(H,20,21). The summed E-state index contributed by atoms with van der Waals surface area (Å²) in [7, 11) is 2.96. The average Bonchev–Trinajstić information content (AvgIpc) is 2.61. The normalized spacial score (nSPS) is 10.5. The molecule has 0 bridgehead atoms. The van der Waals surface area contributed by atoms with Gasteiger partial charge in [0, 0.05) is 17.1 Å². The summed E-state index contributed by atoms with van der Waals surface area (Å²) >= 11 is 6.33. The van der Waals surface area contributed by atoms with Crippen LogP contribution in [0.15, 0.2) is 48.5 Å². The molecule has 1 heterocycles. The molecule has 3 aromatic rings. The topological polar surface area (TPSA) is 60.5 Å². The maximum atomic E-state index is 11.7. The van der Waals surface area contributed by atoms with Crippen molar-refractivity contribution in [3.63, 3.8) is 0 Å². The Labute approximate surface area is 144 Å². The molecule has 0 aliphatic carbocycles. The SMILES string of the molecule is COC(=O)c1ccc2c(Cl)cc(Nc3ccc(OC)cc3)nc2c1. The van der Waals surface area contributed by atoms with Gasteiger partial charge in [0.1, 0.15) is 11.6 Å². The van der Waals surface area contributed by atoms with Crippen molar-refractivity contribution in [1.29, 1.82) is 0 Å². The fraction of sp³-hybridized carbons (Fsp3) is 0.111. The van der Waals surface area contributed by atoms with Crippen LogP contribution in [0.2, 0.25) is 5.02 Å². The van der Waals surface area contributed by atoms with E-state index in [1.807, 2.05) is 24.3 Å². The maximum absolute atomic E-state index is 11.7. The molecule has 3 rings (SSSR count). The third-order valence-corrected chi connectivity index (χ3v) is 3.86. The molecule has 0 aliphatic heterocycles. The van der Waals surface area contributed by atoms with Crippen LogP contribution in [0.5, 0.6) is 5.75 Å². The molecular weight excluding hydrogens is 328 g/mol. The van der Waals surface area contributed by atoms with Gasteiger partial charge in [-0.25, -0.2) is 9.78 Å². The number of anilines is 2. The summed E-state index contributed by atoms with van der Waals surface area (Å²) in [6, 6.07) is 14.3. The summed E-state index contributed by atoms with van der Waals surface area (Å²) in [5.41, 5.74) is 1.89. The van der Waals surface area contributed by atoms with E-state index in [-0.39, 0.29) is 0 Å². The van der Waals surface area contributed by atoms with Gasteiger partial charge in [0.15, 0.2) is 0 Å². The van der Waals surface area contributed by atoms with Crippen LogP contribution in [0.3, 0.4) is 0 Å². The minimum Gasteiger partial charge on any atom is -0.497 e. The number of aromatic nitrogens is 1. The Bertz CT molecular complexity index is 895. The van der Waals surface area contributed by atoms with Gasteiger partial charge < -0.3 is 14.8 Å². The lowest BCUT2D eigenvalue weighted by molar-refractivity contribution is 0.0601. The second-order valence-corrected chi connectivity index (χ2v) is 5.47. The number of nitrogens with zero attached hydrogens (tertiary/aromatic N) is 1. The maximum Gasteiger partial charge on any atom is 0.337 e. The van der Waals surface area contributed by atoms with Crippen molar-refractivity contribution in [3.8, 4) is 5.75 Å². The van der Waals surface area contributed by atoms with Crippen molar-refractivity contribution < 1.29 is 14.3 Å². The summed E-state index contributed by atoms with van der Waals surface area (Å²) in [5.74, 6) is 0.941. The van der Waals surface area contributed by atoms with E-state index < -0.39 is 5.97 Å². The number of benzene rings is 2. The van der Waals surface area contributed by atoms with Gasteiger partial charge in [0.25, 0.3) is 0 Å². The van der Waals surface area contributed by atoms with Crippen LogP contribution in [-0.4, -0.2) is 25.2 Å². The summed E-state index contributed by atoms with van der Waals surface area (Å²) in [6.45, 7) is 0. The van der Waals surface area contributed by atoms with Gasteiger partial charge >= 0.3 is 5.97 Å². The predicted molar refractivity (Wildman–Crippen MR) is 94.4 cm³/mol. The van der Waals surface area contributed by atoms with Gasteiger partial charge in [-0.2, -0.15) is 0 Å². The fourth-order valence-corrected chi connectivity index (χ4v) is 2.58. The van der Waals surface area contributed by atoms with E-state index in [1.54, 1.807) is 31.4 Å². The molecule has 0 radical (unpaired) electrons. The Kier molecular flexibility index (Phi) is 4.53. The number of carbonyl (C=O) groups is 1. The Hall–Kier alpha value is -2.79. The molecule has 0 unspecified atom stereocenters. The number of fused-ring (bicyclic) bond motifs is 1. The van der Waals surface area contributed by atoms with Crippen molar-refractivity contribution in [2.24, 2.45) is 0 Å². The molecule has 0 atom stereocenters. The molecule has 0 spiro atoms. The van der Waals surface area contributed by atoms with E-state index in [9.17, 15) is 4.79 Å². The molecule has 2 aromatic carbocycles. The number of nitrogens with one attached hydrogen (secondary N) is 1. The number of pyridine rings is 1. The van der Waals surface area contributed by atoms with E-state index in [0.29, 0.717) is 21.9 Å². The second-order valence-electron chi connectivity index (χ2n) is 5.07. The lowest BCUT2D eigenvalue weighted by atomic mass is 10.1.